The molecule has 2 aromatic carbocycles. The molecular formula is C24H22FN3OS. The molecule has 0 fully saturated rings. The Morgan fingerprint density at radius 3 is 2.70 bits per heavy atom. The maximum Gasteiger partial charge on any atom is 0.237 e. The van der Waals surface area contributed by atoms with Gasteiger partial charge < -0.3 is 4.90 Å². The molecule has 0 unspecified atom stereocenters. The highest BCUT2D eigenvalue weighted by molar-refractivity contribution is 7.10. The van der Waals surface area contributed by atoms with Gasteiger partial charge >= 0.3 is 0 Å². The first-order valence-electron chi connectivity index (χ1n) is 9.89. The Kier molecular flexibility index (Phi) is 6.22. The largest absolute Gasteiger partial charge is 0.337 e. The van der Waals surface area contributed by atoms with Crippen molar-refractivity contribution in [2.75, 3.05) is 13.1 Å². The van der Waals surface area contributed by atoms with Gasteiger partial charge in [0.05, 0.1) is 18.2 Å². The predicted octanol–water partition coefficient (Wildman–Crippen LogP) is 4.35. The summed E-state index contributed by atoms with van der Waals surface area (Å²) in [6, 6.07) is 18.1. The van der Waals surface area contributed by atoms with Crippen LogP contribution in [0.5, 0.6) is 0 Å². The molecule has 4 rings (SSSR count). The molecule has 1 aliphatic heterocycles. The summed E-state index contributed by atoms with van der Waals surface area (Å²) >= 11 is 1.75. The minimum Gasteiger partial charge on any atom is -0.337 e. The lowest BCUT2D eigenvalue weighted by molar-refractivity contribution is -0.133. The standard InChI is InChI=1S/C24H22FN3OS/c25-22-3-1-2-20(12-22)15-27(14-19-6-4-18(13-26)5-7-19)17-24(29)28-10-8-23-21(16-28)9-11-30-23/h1-7,9,11-12H,8,10,14-17H2. The molecule has 6 heteroatoms. The van der Waals surface area contributed by atoms with E-state index in [-0.39, 0.29) is 18.3 Å². The quantitative estimate of drug-likeness (QED) is 0.597. The first kappa shape index (κ1) is 20.3. The third-order valence-electron chi connectivity index (χ3n) is 5.30. The Hall–Kier alpha value is -3.01. The van der Waals surface area contributed by atoms with E-state index in [4.69, 9.17) is 5.26 Å². The molecule has 0 saturated heterocycles. The van der Waals surface area contributed by atoms with Crippen molar-refractivity contribution in [1.29, 1.82) is 5.26 Å². The van der Waals surface area contributed by atoms with Crippen molar-refractivity contribution >= 4 is 17.2 Å². The highest BCUT2D eigenvalue weighted by atomic mass is 32.1. The molecule has 1 aromatic heterocycles. The number of amides is 1. The lowest BCUT2D eigenvalue weighted by atomic mass is 10.1. The van der Waals surface area contributed by atoms with Gasteiger partial charge in [0.1, 0.15) is 5.82 Å². The molecule has 2 heterocycles. The van der Waals surface area contributed by atoms with Crippen LogP contribution in [0.3, 0.4) is 0 Å². The van der Waals surface area contributed by atoms with Crippen molar-refractivity contribution in [3.05, 3.63) is 92.9 Å². The van der Waals surface area contributed by atoms with Crippen molar-refractivity contribution in [3.63, 3.8) is 0 Å². The number of carbonyl (C=O) groups excluding carboxylic acids is 1. The number of rotatable bonds is 6. The van der Waals surface area contributed by atoms with Crippen LogP contribution < -0.4 is 0 Å². The molecule has 0 saturated carbocycles. The molecule has 1 amide bonds. The van der Waals surface area contributed by atoms with E-state index in [1.807, 2.05) is 28.0 Å². The zero-order valence-corrected chi connectivity index (χ0v) is 17.4. The Morgan fingerprint density at radius 2 is 1.93 bits per heavy atom. The van der Waals surface area contributed by atoms with Crippen molar-refractivity contribution in [3.8, 4) is 6.07 Å². The van der Waals surface area contributed by atoms with E-state index in [0.29, 0.717) is 25.2 Å². The van der Waals surface area contributed by atoms with Gasteiger partial charge in [0.15, 0.2) is 0 Å². The lowest BCUT2D eigenvalue weighted by Crippen LogP contribution is -2.42. The third kappa shape index (κ3) is 4.93. The average molecular weight is 420 g/mol. The molecule has 3 aromatic rings. The van der Waals surface area contributed by atoms with E-state index in [1.54, 1.807) is 29.5 Å². The van der Waals surface area contributed by atoms with Crippen LogP contribution in [0.2, 0.25) is 0 Å². The van der Waals surface area contributed by atoms with Gasteiger partial charge in [0.2, 0.25) is 5.91 Å². The molecule has 0 radical (unpaired) electrons. The number of benzene rings is 2. The normalized spacial score (nSPS) is 13.2. The second-order valence-electron chi connectivity index (χ2n) is 7.52. The van der Waals surface area contributed by atoms with E-state index in [2.05, 4.69) is 17.5 Å². The van der Waals surface area contributed by atoms with Crippen LogP contribution in [0.1, 0.15) is 27.1 Å². The van der Waals surface area contributed by atoms with Crippen molar-refractivity contribution in [1.82, 2.24) is 9.80 Å². The van der Waals surface area contributed by atoms with E-state index >= 15 is 0 Å². The number of fused-ring (bicyclic) bond motifs is 1. The van der Waals surface area contributed by atoms with Crippen LogP contribution in [-0.2, 0) is 30.8 Å². The Balaban J connectivity index is 1.48. The molecule has 0 bridgehead atoms. The fourth-order valence-corrected chi connectivity index (χ4v) is 4.65. The smallest absolute Gasteiger partial charge is 0.237 e. The summed E-state index contributed by atoms with van der Waals surface area (Å²) in [6.07, 6.45) is 0.901. The molecule has 0 aliphatic carbocycles. The summed E-state index contributed by atoms with van der Waals surface area (Å²) < 4.78 is 13.7. The number of carbonyl (C=O) groups is 1. The predicted molar refractivity (Wildman–Crippen MR) is 115 cm³/mol. The SMILES string of the molecule is N#Cc1ccc(CN(CC(=O)N2CCc3sccc3C2)Cc2cccc(F)c2)cc1. The third-order valence-corrected chi connectivity index (χ3v) is 6.33. The summed E-state index contributed by atoms with van der Waals surface area (Å²) in [5, 5.41) is 11.1. The van der Waals surface area contributed by atoms with Crippen molar-refractivity contribution < 1.29 is 9.18 Å². The summed E-state index contributed by atoms with van der Waals surface area (Å²) in [6.45, 7) is 2.67. The zero-order chi connectivity index (χ0) is 20.9. The van der Waals surface area contributed by atoms with Crippen molar-refractivity contribution in [2.24, 2.45) is 0 Å². The lowest BCUT2D eigenvalue weighted by Gasteiger charge is -2.30. The van der Waals surface area contributed by atoms with Gasteiger partial charge in [-0.3, -0.25) is 9.69 Å². The van der Waals surface area contributed by atoms with E-state index < -0.39 is 0 Å². The van der Waals surface area contributed by atoms with Gasteiger partial charge in [0, 0.05) is 31.1 Å². The summed E-state index contributed by atoms with van der Waals surface area (Å²) in [5.74, 6) is -0.199. The Labute approximate surface area is 179 Å². The van der Waals surface area contributed by atoms with Crippen molar-refractivity contribution in [2.45, 2.75) is 26.1 Å². The number of thiophene rings is 1. The zero-order valence-electron chi connectivity index (χ0n) is 16.6. The number of hydrogen-bond acceptors (Lipinski definition) is 4. The van der Waals surface area contributed by atoms with E-state index in [0.717, 1.165) is 24.1 Å². The van der Waals surface area contributed by atoms with Gasteiger partial charge in [0.25, 0.3) is 0 Å². The first-order chi connectivity index (χ1) is 14.6. The summed E-state index contributed by atoms with van der Waals surface area (Å²) in [5.41, 5.74) is 3.68. The molecule has 30 heavy (non-hydrogen) atoms. The fourth-order valence-electron chi connectivity index (χ4n) is 3.76. The molecular weight excluding hydrogens is 397 g/mol. The number of halogens is 1. The molecule has 4 nitrogen and oxygen atoms in total. The number of nitriles is 1. The Morgan fingerprint density at radius 1 is 1.13 bits per heavy atom. The number of nitrogens with zero attached hydrogens (tertiary/aromatic N) is 3. The van der Waals surface area contributed by atoms with Crippen LogP contribution in [0.15, 0.2) is 60.0 Å². The van der Waals surface area contributed by atoms with Crippen LogP contribution in [0, 0.1) is 17.1 Å². The Bertz CT molecular complexity index is 1070. The van der Waals surface area contributed by atoms with Gasteiger partial charge in [-0.25, -0.2) is 4.39 Å². The minimum atomic E-state index is -0.279. The summed E-state index contributed by atoms with van der Waals surface area (Å²) in [7, 11) is 0. The fraction of sp³-hybridized carbons (Fsp3) is 0.250. The second kappa shape index (κ2) is 9.21. The molecule has 0 N–H and O–H groups in total. The first-order valence-corrected chi connectivity index (χ1v) is 10.8. The van der Waals surface area contributed by atoms with Gasteiger partial charge in [-0.1, -0.05) is 24.3 Å². The molecule has 0 atom stereocenters. The average Bonchev–Trinajstić information content (AvgIpc) is 3.22. The maximum absolute atomic E-state index is 13.7. The van der Waals surface area contributed by atoms with Gasteiger partial charge in [-0.05, 0) is 58.8 Å². The highest BCUT2D eigenvalue weighted by Gasteiger charge is 2.23. The van der Waals surface area contributed by atoms with Crippen LogP contribution in [0.4, 0.5) is 4.39 Å². The van der Waals surface area contributed by atoms with E-state index in [1.165, 1.54) is 22.6 Å². The highest BCUT2D eigenvalue weighted by Crippen LogP contribution is 2.24. The van der Waals surface area contributed by atoms with Crippen LogP contribution in [0.25, 0.3) is 0 Å². The second-order valence-corrected chi connectivity index (χ2v) is 8.52. The van der Waals surface area contributed by atoms with Crippen LogP contribution in [-0.4, -0.2) is 28.8 Å². The minimum absolute atomic E-state index is 0.0805. The molecule has 152 valence electrons. The number of hydrogen-bond donors (Lipinski definition) is 0. The topological polar surface area (TPSA) is 47.3 Å². The van der Waals surface area contributed by atoms with Crippen LogP contribution >= 0.6 is 11.3 Å². The summed E-state index contributed by atoms with van der Waals surface area (Å²) in [4.78, 5) is 18.4. The molecule has 1 aliphatic rings. The van der Waals surface area contributed by atoms with Gasteiger partial charge in [-0.15, -0.1) is 11.3 Å². The van der Waals surface area contributed by atoms with E-state index in [9.17, 15) is 9.18 Å². The monoisotopic (exact) mass is 419 g/mol. The molecule has 0 spiro atoms. The maximum atomic E-state index is 13.7. The van der Waals surface area contributed by atoms with Gasteiger partial charge in [-0.2, -0.15) is 5.26 Å².